The summed E-state index contributed by atoms with van der Waals surface area (Å²) in [6.45, 7) is 8.34. The van der Waals surface area contributed by atoms with Crippen molar-refractivity contribution in [1.82, 2.24) is 8.38 Å². The smallest absolute Gasteiger partial charge is 0.425 e. The molecule has 0 aromatic heterocycles. The Labute approximate surface area is 176 Å². The molecule has 0 aromatic rings. The Morgan fingerprint density at radius 2 is 1.96 bits per heavy atom. The first-order chi connectivity index (χ1) is 12.9. The fourth-order valence-electron chi connectivity index (χ4n) is 3.08. The average molecular weight is 447 g/mol. The Kier molecular flexibility index (Phi) is 6.07. The zero-order chi connectivity index (χ0) is 20.7. The molecule has 0 N–H and O–H groups in total. The summed E-state index contributed by atoms with van der Waals surface area (Å²) in [4.78, 5) is 12.9. The van der Waals surface area contributed by atoms with E-state index >= 15 is 0 Å². The molecule has 7 nitrogen and oxygen atoms in total. The number of allylic oxidation sites excluding steroid dienone is 4. The van der Waals surface area contributed by atoms with Gasteiger partial charge in [-0.2, -0.15) is 4.08 Å². The van der Waals surface area contributed by atoms with Gasteiger partial charge in [-0.3, -0.25) is 0 Å². The SMILES string of the molecule is CN(SN(C(C)(C)C)P1(=S)OCCO1)C(=O)OC1=C2OC=CC=C2CC1(C)C. The Bertz CT molecular complexity index is 790. The predicted octanol–water partition coefficient (Wildman–Crippen LogP) is 5.10. The van der Waals surface area contributed by atoms with E-state index in [1.807, 2.05) is 50.8 Å². The molecule has 3 aliphatic rings. The van der Waals surface area contributed by atoms with Gasteiger partial charge >= 0.3 is 6.09 Å². The van der Waals surface area contributed by atoms with Crippen LogP contribution < -0.4 is 0 Å². The van der Waals surface area contributed by atoms with E-state index in [1.165, 1.54) is 4.31 Å². The first kappa shape index (κ1) is 21.9. The van der Waals surface area contributed by atoms with Crippen molar-refractivity contribution in [2.24, 2.45) is 5.41 Å². The highest BCUT2D eigenvalue weighted by Gasteiger charge is 2.44. The number of ether oxygens (including phenoxy) is 2. The van der Waals surface area contributed by atoms with E-state index in [-0.39, 0.29) is 11.0 Å². The standard InChI is InChI=1S/C18H27N2O5PS2/c1-17(2,3)20(26(27)23-10-11-24-26)28-19(6)16(21)25-15-14-13(8-7-9-22-14)12-18(15,4)5/h7-9H,10-12H2,1-6H3. The van der Waals surface area contributed by atoms with Gasteiger partial charge in [0.05, 0.1) is 31.6 Å². The van der Waals surface area contributed by atoms with Crippen LogP contribution in [0.2, 0.25) is 0 Å². The number of rotatable bonds is 4. The topological polar surface area (TPSA) is 60.5 Å². The minimum atomic E-state index is -2.65. The van der Waals surface area contributed by atoms with Crippen molar-refractivity contribution in [2.75, 3.05) is 20.3 Å². The fourth-order valence-corrected chi connectivity index (χ4v) is 7.71. The van der Waals surface area contributed by atoms with E-state index < -0.39 is 12.7 Å². The van der Waals surface area contributed by atoms with Gasteiger partial charge in [0.15, 0.2) is 11.5 Å². The molecule has 1 amide bonds. The third kappa shape index (κ3) is 4.35. The molecule has 2 heterocycles. The monoisotopic (exact) mass is 446 g/mol. The third-order valence-corrected chi connectivity index (χ3v) is 9.80. The quantitative estimate of drug-likeness (QED) is 0.437. The molecule has 0 bridgehead atoms. The van der Waals surface area contributed by atoms with Gasteiger partial charge in [-0.15, -0.1) is 0 Å². The van der Waals surface area contributed by atoms with Gasteiger partial charge in [0, 0.05) is 18.0 Å². The molecule has 2 aliphatic heterocycles. The highest BCUT2D eigenvalue weighted by Crippen LogP contribution is 2.62. The number of nitrogens with zero attached hydrogens (tertiary/aromatic N) is 2. The van der Waals surface area contributed by atoms with Gasteiger partial charge in [0.25, 0.3) is 6.64 Å². The average Bonchev–Trinajstić information content (AvgIpc) is 3.13. The molecular formula is C18H27N2O5PS2. The lowest BCUT2D eigenvalue weighted by Crippen LogP contribution is -2.38. The normalized spacial score (nSPS) is 22.8. The molecule has 0 radical (unpaired) electrons. The van der Waals surface area contributed by atoms with E-state index in [0.29, 0.717) is 24.7 Å². The minimum Gasteiger partial charge on any atom is -0.461 e. The Balaban J connectivity index is 1.76. The Morgan fingerprint density at radius 3 is 2.57 bits per heavy atom. The van der Waals surface area contributed by atoms with Gasteiger partial charge < -0.3 is 18.5 Å². The summed E-state index contributed by atoms with van der Waals surface area (Å²) in [5.74, 6) is 1.17. The minimum absolute atomic E-state index is 0.331. The van der Waals surface area contributed by atoms with E-state index in [2.05, 4.69) is 0 Å². The van der Waals surface area contributed by atoms with Crippen molar-refractivity contribution in [1.29, 1.82) is 0 Å². The first-order valence-electron chi connectivity index (χ1n) is 9.05. The van der Waals surface area contributed by atoms with Crippen LogP contribution in [0, 0.1) is 5.41 Å². The molecular weight excluding hydrogens is 419 g/mol. The number of carbonyl (C=O) groups is 1. The van der Waals surface area contributed by atoms with Gasteiger partial charge in [-0.25, -0.2) is 9.10 Å². The molecule has 3 rings (SSSR count). The summed E-state index contributed by atoms with van der Waals surface area (Å²) in [5.41, 5.74) is 0.327. The zero-order valence-corrected chi connectivity index (χ0v) is 19.6. The number of hydrogen-bond donors (Lipinski definition) is 0. The number of hydrogen-bond acceptors (Lipinski definition) is 7. The van der Waals surface area contributed by atoms with Crippen molar-refractivity contribution in [2.45, 2.75) is 46.6 Å². The van der Waals surface area contributed by atoms with Gasteiger partial charge in [0.2, 0.25) is 0 Å². The molecule has 1 saturated heterocycles. The summed E-state index contributed by atoms with van der Waals surface area (Å²) in [7, 11) is 1.65. The van der Waals surface area contributed by atoms with E-state index in [4.69, 9.17) is 30.3 Å². The second-order valence-electron chi connectivity index (χ2n) is 8.38. The lowest BCUT2D eigenvalue weighted by molar-refractivity contribution is 0.133. The van der Waals surface area contributed by atoms with Crippen LogP contribution in [0.15, 0.2) is 35.5 Å². The van der Waals surface area contributed by atoms with Gasteiger partial charge in [0.1, 0.15) is 0 Å². The molecule has 156 valence electrons. The maximum atomic E-state index is 12.9. The molecule has 10 heteroatoms. The summed E-state index contributed by atoms with van der Waals surface area (Å²) in [6.07, 6.45) is 5.67. The van der Waals surface area contributed by atoms with E-state index in [9.17, 15) is 4.79 Å². The lowest BCUT2D eigenvalue weighted by atomic mass is 9.90. The first-order valence-corrected chi connectivity index (χ1v) is 12.4. The fraction of sp³-hybridized carbons (Fsp3) is 0.611. The molecule has 0 atom stereocenters. The highest BCUT2D eigenvalue weighted by molar-refractivity contribution is 8.15. The molecule has 1 fully saturated rings. The van der Waals surface area contributed by atoms with Crippen LogP contribution in [0.3, 0.4) is 0 Å². The largest absolute Gasteiger partial charge is 0.461 e. The Hall–Kier alpha value is -0.830. The number of amides is 1. The molecule has 0 unspecified atom stereocenters. The summed E-state index contributed by atoms with van der Waals surface area (Å²) in [6, 6.07) is 0. The van der Waals surface area contributed by atoms with Crippen LogP contribution in [0.4, 0.5) is 4.79 Å². The number of carbonyl (C=O) groups excluding carboxylic acids is 1. The van der Waals surface area contributed by atoms with Crippen LogP contribution in [0.5, 0.6) is 0 Å². The van der Waals surface area contributed by atoms with Crippen molar-refractivity contribution < 1.29 is 23.3 Å². The van der Waals surface area contributed by atoms with Gasteiger partial charge in [-0.1, -0.05) is 19.9 Å². The van der Waals surface area contributed by atoms with Crippen molar-refractivity contribution >= 4 is 36.7 Å². The molecule has 0 saturated carbocycles. The lowest BCUT2D eigenvalue weighted by Gasteiger charge is -2.39. The summed E-state index contributed by atoms with van der Waals surface area (Å²) >= 11 is 6.81. The molecule has 0 spiro atoms. The molecule has 1 aliphatic carbocycles. The van der Waals surface area contributed by atoms with E-state index in [1.54, 1.807) is 13.3 Å². The predicted molar refractivity (Wildman–Crippen MR) is 113 cm³/mol. The van der Waals surface area contributed by atoms with Crippen LogP contribution >= 0.6 is 18.8 Å². The highest BCUT2D eigenvalue weighted by atomic mass is 32.5. The van der Waals surface area contributed by atoms with Gasteiger partial charge in [-0.05, 0) is 50.6 Å². The maximum Gasteiger partial charge on any atom is 0.425 e. The van der Waals surface area contributed by atoms with Crippen LogP contribution in [0.25, 0.3) is 0 Å². The van der Waals surface area contributed by atoms with E-state index in [0.717, 1.165) is 24.1 Å². The third-order valence-electron chi connectivity index (χ3n) is 4.34. The van der Waals surface area contributed by atoms with Crippen molar-refractivity contribution in [3.63, 3.8) is 0 Å². The summed E-state index contributed by atoms with van der Waals surface area (Å²) < 4.78 is 26.1. The molecule has 28 heavy (non-hydrogen) atoms. The molecule has 0 aromatic carbocycles. The zero-order valence-electron chi connectivity index (χ0n) is 17.1. The van der Waals surface area contributed by atoms with Crippen molar-refractivity contribution in [3.05, 3.63) is 35.5 Å². The van der Waals surface area contributed by atoms with Crippen molar-refractivity contribution in [3.8, 4) is 0 Å². The maximum absolute atomic E-state index is 12.9. The van der Waals surface area contributed by atoms with Crippen LogP contribution in [0.1, 0.15) is 41.0 Å². The summed E-state index contributed by atoms with van der Waals surface area (Å²) in [5, 5.41) is 0. The number of fused-ring (bicyclic) bond motifs is 1. The second-order valence-corrected chi connectivity index (χ2v) is 13.0. The Morgan fingerprint density at radius 1 is 1.32 bits per heavy atom. The van der Waals surface area contributed by atoms with Crippen LogP contribution in [-0.4, -0.2) is 40.3 Å². The van der Waals surface area contributed by atoms with Crippen LogP contribution in [-0.2, 0) is 30.3 Å². The second kappa shape index (κ2) is 7.78.